The molecule has 0 spiro atoms. The van der Waals surface area contributed by atoms with Crippen LogP contribution in [0.3, 0.4) is 0 Å². The maximum Gasteiger partial charge on any atom is 0.193 e. The first-order chi connectivity index (χ1) is 28.7. The summed E-state index contributed by atoms with van der Waals surface area (Å²) in [5.41, 5.74) is 17.2. The number of rotatable bonds is 4. The number of hydrogen-bond donors (Lipinski definition) is 0. The third-order valence-corrected chi connectivity index (χ3v) is 12.1. The lowest BCUT2D eigenvalue weighted by Gasteiger charge is -2.24. The Kier molecular flexibility index (Phi) is 7.08. The summed E-state index contributed by atoms with van der Waals surface area (Å²) in [6.45, 7) is 0. The van der Waals surface area contributed by atoms with Crippen LogP contribution in [0, 0.1) is 0 Å². The van der Waals surface area contributed by atoms with Crippen LogP contribution < -0.4 is 0 Å². The quantitative estimate of drug-likeness (QED) is 0.165. The zero-order valence-corrected chi connectivity index (χ0v) is 31.4. The van der Waals surface area contributed by atoms with E-state index in [0.29, 0.717) is 11.1 Å². The van der Waals surface area contributed by atoms with Gasteiger partial charge < -0.3 is 9.13 Å². The fourth-order valence-electron chi connectivity index (χ4n) is 9.48. The molecule has 2 aromatic heterocycles. The largest absolute Gasteiger partial charge is 0.309 e. The van der Waals surface area contributed by atoms with Crippen molar-refractivity contribution in [3.05, 3.63) is 217 Å². The van der Waals surface area contributed by atoms with Gasteiger partial charge >= 0.3 is 0 Å². The van der Waals surface area contributed by atoms with E-state index in [1.165, 1.54) is 32.6 Å². The van der Waals surface area contributed by atoms with E-state index < -0.39 is 0 Å². The molecule has 9 aromatic carbocycles. The monoisotopic (exact) mass is 738 g/mol. The van der Waals surface area contributed by atoms with Gasteiger partial charge in [-0.1, -0.05) is 140 Å². The Balaban J connectivity index is 1.25. The van der Waals surface area contributed by atoms with Gasteiger partial charge in [0.25, 0.3) is 0 Å². The molecule has 1 aliphatic rings. The van der Waals surface area contributed by atoms with Crippen molar-refractivity contribution in [1.29, 1.82) is 0 Å². The van der Waals surface area contributed by atoms with Crippen molar-refractivity contribution in [2.45, 2.75) is 0 Å². The summed E-state index contributed by atoms with van der Waals surface area (Å²) >= 11 is 0. The maximum absolute atomic E-state index is 14.2. The van der Waals surface area contributed by atoms with E-state index in [-0.39, 0.29) is 5.78 Å². The van der Waals surface area contributed by atoms with E-state index in [1.807, 2.05) is 36.4 Å². The lowest BCUT2D eigenvalue weighted by Crippen LogP contribution is -2.04. The molecule has 1 aliphatic carbocycles. The van der Waals surface area contributed by atoms with Crippen molar-refractivity contribution >= 4 is 49.4 Å². The summed E-state index contributed by atoms with van der Waals surface area (Å²) < 4.78 is 4.78. The molecule has 0 N–H and O–H groups in total. The summed E-state index contributed by atoms with van der Waals surface area (Å²) in [4.78, 5) is 14.2. The van der Waals surface area contributed by atoms with Crippen molar-refractivity contribution in [3.8, 4) is 55.9 Å². The number of carbonyl (C=O) groups excluding carboxylic acids is 1. The molecule has 58 heavy (non-hydrogen) atoms. The van der Waals surface area contributed by atoms with Gasteiger partial charge in [-0.05, 0) is 111 Å². The topological polar surface area (TPSA) is 26.9 Å². The molecule has 3 heteroatoms. The molecule has 0 amide bonds. The number of aromatic nitrogens is 2. The molecule has 2 heterocycles. The van der Waals surface area contributed by atoms with Crippen LogP contribution in [0.4, 0.5) is 0 Å². The maximum atomic E-state index is 14.2. The first-order valence-electron chi connectivity index (χ1n) is 19.8. The first-order valence-corrected chi connectivity index (χ1v) is 19.8. The van der Waals surface area contributed by atoms with Crippen LogP contribution in [0.2, 0.25) is 0 Å². The van der Waals surface area contributed by atoms with Crippen LogP contribution in [-0.2, 0) is 0 Å². The zero-order chi connectivity index (χ0) is 38.3. The van der Waals surface area contributed by atoms with Crippen LogP contribution in [0.25, 0.3) is 99.5 Å². The number of nitrogens with zero attached hydrogens (tertiary/aromatic N) is 2. The van der Waals surface area contributed by atoms with Crippen molar-refractivity contribution in [2.75, 3.05) is 0 Å². The molecule has 0 radical (unpaired) electrons. The van der Waals surface area contributed by atoms with Crippen LogP contribution in [0.1, 0.15) is 15.9 Å². The van der Waals surface area contributed by atoms with Crippen LogP contribution >= 0.6 is 0 Å². The second-order valence-electron chi connectivity index (χ2n) is 15.2. The Morgan fingerprint density at radius 3 is 1.22 bits per heavy atom. The highest BCUT2D eigenvalue weighted by atomic mass is 16.1. The molecule has 0 bridgehead atoms. The molecular weight excluding hydrogens is 705 g/mol. The smallest absolute Gasteiger partial charge is 0.193 e. The molecule has 11 aromatic rings. The van der Waals surface area contributed by atoms with Crippen molar-refractivity contribution in [2.24, 2.45) is 0 Å². The molecule has 12 rings (SSSR count). The second-order valence-corrected chi connectivity index (χ2v) is 15.2. The van der Waals surface area contributed by atoms with Crippen molar-refractivity contribution in [3.63, 3.8) is 0 Å². The average Bonchev–Trinajstić information content (AvgIpc) is 3.80. The highest BCUT2D eigenvalue weighted by molar-refractivity contribution is 6.19. The van der Waals surface area contributed by atoms with E-state index in [4.69, 9.17) is 0 Å². The first kappa shape index (κ1) is 32.5. The Hall–Kier alpha value is -7.75. The van der Waals surface area contributed by atoms with Gasteiger partial charge in [-0.15, -0.1) is 0 Å². The summed E-state index contributed by atoms with van der Waals surface area (Å²) in [5, 5.41) is 4.78. The highest BCUT2D eigenvalue weighted by Gasteiger charge is 2.27. The van der Waals surface area contributed by atoms with Gasteiger partial charge in [-0.2, -0.15) is 0 Å². The van der Waals surface area contributed by atoms with Crippen LogP contribution in [0.5, 0.6) is 0 Å². The SMILES string of the molecule is O=C(c1ccccc1)c1ccc2c(c1)-c1cc3c(cc1-c1cc4c5ccccc5n(-c5ccccc5)c4cc1-c1ccccc1-2)c1ccccc1n3-c1ccccc1. The van der Waals surface area contributed by atoms with E-state index in [0.717, 1.165) is 66.9 Å². The van der Waals surface area contributed by atoms with Crippen LogP contribution in [-0.4, -0.2) is 14.9 Å². The van der Waals surface area contributed by atoms with Gasteiger partial charge in [0.05, 0.1) is 22.1 Å². The third kappa shape index (κ3) is 4.77. The van der Waals surface area contributed by atoms with E-state index in [1.54, 1.807) is 0 Å². The Labute approximate surface area is 335 Å². The molecule has 0 unspecified atom stereocenters. The molecule has 3 nitrogen and oxygen atoms in total. The Bertz CT molecular complexity index is 3450. The fraction of sp³-hybridized carbons (Fsp3) is 0. The lowest BCUT2D eigenvalue weighted by molar-refractivity contribution is 0.103. The molecular formula is C55H34N2O. The van der Waals surface area contributed by atoms with Gasteiger partial charge in [-0.3, -0.25) is 4.79 Å². The van der Waals surface area contributed by atoms with Gasteiger partial charge in [-0.25, -0.2) is 0 Å². The van der Waals surface area contributed by atoms with Crippen molar-refractivity contribution < 1.29 is 4.79 Å². The minimum atomic E-state index is 0.00982. The number of benzene rings is 9. The number of ketones is 1. The number of carbonyl (C=O) groups is 1. The molecule has 0 atom stereocenters. The molecule has 0 aliphatic heterocycles. The molecule has 0 fully saturated rings. The zero-order valence-electron chi connectivity index (χ0n) is 31.4. The average molecular weight is 739 g/mol. The predicted octanol–water partition coefficient (Wildman–Crippen LogP) is 14.1. The van der Waals surface area contributed by atoms with Crippen molar-refractivity contribution in [1.82, 2.24) is 9.13 Å². The summed E-state index contributed by atoms with van der Waals surface area (Å²) in [6.07, 6.45) is 0. The summed E-state index contributed by atoms with van der Waals surface area (Å²) in [6, 6.07) is 73.1. The van der Waals surface area contributed by atoms with E-state index >= 15 is 0 Å². The summed E-state index contributed by atoms with van der Waals surface area (Å²) in [5.74, 6) is 0.00982. The predicted molar refractivity (Wildman–Crippen MR) is 240 cm³/mol. The Morgan fingerprint density at radius 1 is 0.276 bits per heavy atom. The van der Waals surface area contributed by atoms with E-state index in [9.17, 15) is 4.79 Å². The fourth-order valence-corrected chi connectivity index (χ4v) is 9.48. The number of hydrogen-bond acceptors (Lipinski definition) is 1. The van der Waals surface area contributed by atoms with Crippen LogP contribution in [0.15, 0.2) is 206 Å². The second kappa shape index (κ2) is 12.6. The minimum absolute atomic E-state index is 0.00982. The van der Waals surface area contributed by atoms with Gasteiger partial charge in [0.15, 0.2) is 5.78 Å². The molecule has 0 saturated carbocycles. The number of para-hydroxylation sites is 4. The lowest BCUT2D eigenvalue weighted by atomic mass is 9.79. The summed E-state index contributed by atoms with van der Waals surface area (Å²) in [7, 11) is 0. The van der Waals surface area contributed by atoms with Gasteiger partial charge in [0, 0.05) is 44.0 Å². The van der Waals surface area contributed by atoms with Gasteiger partial charge in [0.1, 0.15) is 0 Å². The third-order valence-electron chi connectivity index (χ3n) is 12.1. The minimum Gasteiger partial charge on any atom is -0.309 e. The highest BCUT2D eigenvalue weighted by Crippen LogP contribution is 2.52. The van der Waals surface area contributed by atoms with Gasteiger partial charge in [0.2, 0.25) is 0 Å². The molecule has 270 valence electrons. The molecule has 0 saturated heterocycles. The number of fused-ring (bicyclic) bond motifs is 14. The van der Waals surface area contributed by atoms with E-state index in [2.05, 4.69) is 179 Å². The Morgan fingerprint density at radius 2 is 0.672 bits per heavy atom. The normalized spacial score (nSPS) is 11.9. The standard InChI is InChI=1S/C55H34N2O/c58-55(35-16-4-1-5-17-35)36-28-29-41-39-22-10-11-23-40(39)47-33-53-49(42-24-12-14-26-51(42)56(53)37-18-6-2-7-19-37)31-45(47)46-32-50-43-25-13-15-27-52(43)57(38-20-8-3-9-21-38)54(50)34-48(46)44(41)30-36/h1-34H.